The van der Waals surface area contributed by atoms with Gasteiger partial charge in [-0.25, -0.2) is 4.79 Å². The van der Waals surface area contributed by atoms with Crippen LogP contribution in [0.5, 0.6) is 0 Å². The van der Waals surface area contributed by atoms with E-state index in [9.17, 15) is 9.59 Å². The van der Waals surface area contributed by atoms with Crippen LogP contribution in [0.25, 0.3) is 0 Å². The zero-order valence-corrected chi connectivity index (χ0v) is 14.0. The number of aromatic nitrogens is 2. The summed E-state index contributed by atoms with van der Waals surface area (Å²) in [6, 6.07) is 17.4. The summed E-state index contributed by atoms with van der Waals surface area (Å²) in [5, 5.41) is 3.06. The molecule has 1 aromatic heterocycles. The highest BCUT2D eigenvalue weighted by atomic mass is 16.2. The van der Waals surface area contributed by atoms with E-state index < -0.39 is 11.2 Å². The van der Waals surface area contributed by atoms with Crippen LogP contribution in [0.4, 0.5) is 11.5 Å². The van der Waals surface area contributed by atoms with Gasteiger partial charge < -0.3 is 11.1 Å². The number of nitrogens with zero attached hydrogens (tertiary/aromatic N) is 1. The fourth-order valence-corrected chi connectivity index (χ4v) is 2.67. The highest BCUT2D eigenvalue weighted by Crippen LogP contribution is 2.15. The summed E-state index contributed by atoms with van der Waals surface area (Å²) in [5.74, 6) is 0.131. The predicted molar refractivity (Wildman–Crippen MR) is 99.8 cm³/mol. The van der Waals surface area contributed by atoms with E-state index in [1.54, 1.807) is 0 Å². The van der Waals surface area contributed by atoms with Crippen molar-refractivity contribution in [1.82, 2.24) is 9.55 Å². The van der Waals surface area contributed by atoms with E-state index in [4.69, 9.17) is 5.73 Å². The van der Waals surface area contributed by atoms with Gasteiger partial charge in [-0.15, -0.1) is 0 Å². The second-order valence-corrected chi connectivity index (χ2v) is 5.87. The Labute approximate surface area is 145 Å². The lowest BCUT2D eigenvalue weighted by atomic mass is 10.1. The number of benzene rings is 2. The number of hydrogen-bond acceptors (Lipinski definition) is 4. The van der Waals surface area contributed by atoms with Gasteiger partial charge in [0.1, 0.15) is 11.5 Å². The topological polar surface area (TPSA) is 92.9 Å². The molecule has 0 fully saturated rings. The third kappa shape index (κ3) is 3.63. The van der Waals surface area contributed by atoms with Gasteiger partial charge >= 0.3 is 5.69 Å². The molecule has 0 unspecified atom stereocenters. The molecule has 0 aliphatic rings. The lowest BCUT2D eigenvalue weighted by Crippen LogP contribution is -2.34. The van der Waals surface area contributed by atoms with E-state index in [-0.39, 0.29) is 11.5 Å². The number of rotatable bonds is 5. The molecule has 128 valence electrons. The van der Waals surface area contributed by atoms with Crippen molar-refractivity contribution < 1.29 is 0 Å². The molecule has 0 radical (unpaired) electrons. The van der Waals surface area contributed by atoms with Crippen molar-refractivity contribution in [1.29, 1.82) is 0 Å². The normalized spacial score (nSPS) is 10.6. The average Bonchev–Trinajstić information content (AvgIpc) is 2.61. The van der Waals surface area contributed by atoms with E-state index in [1.807, 2.05) is 61.5 Å². The molecule has 0 bridgehead atoms. The van der Waals surface area contributed by atoms with Gasteiger partial charge in [-0.2, -0.15) is 0 Å². The van der Waals surface area contributed by atoms with E-state index in [0.717, 1.165) is 16.7 Å². The van der Waals surface area contributed by atoms with E-state index >= 15 is 0 Å². The molecule has 0 saturated carbocycles. The summed E-state index contributed by atoms with van der Waals surface area (Å²) in [7, 11) is 0. The molecule has 0 aliphatic carbocycles. The van der Waals surface area contributed by atoms with Crippen LogP contribution in [0.3, 0.4) is 0 Å². The Morgan fingerprint density at radius 1 is 1.04 bits per heavy atom. The lowest BCUT2D eigenvalue weighted by Gasteiger charge is -2.14. The molecule has 3 aromatic rings. The van der Waals surface area contributed by atoms with Crippen molar-refractivity contribution >= 4 is 11.5 Å². The Hall–Kier alpha value is -3.28. The van der Waals surface area contributed by atoms with Gasteiger partial charge in [0.05, 0.1) is 6.54 Å². The van der Waals surface area contributed by atoms with E-state index in [2.05, 4.69) is 10.3 Å². The van der Waals surface area contributed by atoms with E-state index in [0.29, 0.717) is 13.1 Å². The summed E-state index contributed by atoms with van der Waals surface area (Å²) >= 11 is 0. The number of H-pyrrole nitrogens is 1. The first-order valence-electron chi connectivity index (χ1n) is 8.01. The number of hydrogen-bond donors (Lipinski definition) is 3. The maximum absolute atomic E-state index is 12.2. The smallest absolute Gasteiger partial charge is 0.330 e. The van der Waals surface area contributed by atoms with Crippen molar-refractivity contribution in [3.63, 3.8) is 0 Å². The maximum atomic E-state index is 12.2. The Morgan fingerprint density at radius 3 is 2.44 bits per heavy atom. The first-order chi connectivity index (χ1) is 12.1. The predicted octanol–water partition coefficient (Wildman–Crippen LogP) is 2.09. The van der Waals surface area contributed by atoms with Gasteiger partial charge in [0.15, 0.2) is 0 Å². The SMILES string of the molecule is Cc1ccccc1CNc1c(N)n(Cc2ccccc2)c(=O)[nH]c1=O. The van der Waals surface area contributed by atoms with Gasteiger partial charge in [-0.3, -0.25) is 14.3 Å². The fourth-order valence-electron chi connectivity index (χ4n) is 2.67. The molecule has 0 atom stereocenters. The molecule has 25 heavy (non-hydrogen) atoms. The van der Waals surface area contributed by atoms with Crippen LogP contribution in [0, 0.1) is 6.92 Å². The number of aromatic amines is 1. The molecule has 0 aliphatic heterocycles. The Balaban J connectivity index is 1.92. The van der Waals surface area contributed by atoms with Gasteiger partial charge in [0.25, 0.3) is 5.56 Å². The molecule has 6 heteroatoms. The molecule has 3 rings (SSSR count). The van der Waals surface area contributed by atoms with Crippen molar-refractivity contribution in [2.75, 3.05) is 11.1 Å². The number of anilines is 2. The Kier molecular flexibility index (Phi) is 4.70. The summed E-state index contributed by atoms with van der Waals surface area (Å²) in [6.45, 7) is 2.74. The standard InChI is InChI=1S/C19H20N4O2/c1-13-7-5-6-10-15(13)11-21-16-17(20)23(19(25)22-18(16)24)12-14-8-3-2-4-9-14/h2-10,21H,11-12,20H2,1H3,(H,22,24,25). The third-order valence-electron chi connectivity index (χ3n) is 4.14. The van der Waals surface area contributed by atoms with Crippen LogP contribution in [-0.4, -0.2) is 9.55 Å². The Bertz CT molecular complexity index is 990. The summed E-state index contributed by atoms with van der Waals surface area (Å²) in [6.07, 6.45) is 0. The summed E-state index contributed by atoms with van der Waals surface area (Å²) in [4.78, 5) is 26.6. The minimum Gasteiger partial charge on any atom is -0.383 e. The van der Waals surface area contributed by atoms with Crippen LogP contribution in [0.2, 0.25) is 0 Å². The number of nitrogens with one attached hydrogen (secondary N) is 2. The molecule has 4 N–H and O–H groups in total. The Morgan fingerprint density at radius 2 is 1.72 bits per heavy atom. The highest BCUT2D eigenvalue weighted by molar-refractivity contribution is 5.60. The minimum absolute atomic E-state index is 0.131. The fraction of sp³-hybridized carbons (Fsp3) is 0.158. The molecular formula is C19H20N4O2. The monoisotopic (exact) mass is 336 g/mol. The van der Waals surface area contributed by atoms with Crippen LogP contribution in [-0.2, 0) is 13.1 Å². The number of nitrogens with two attached hydrogens (primary N) is 1. The van der Waals surface area contributed by atoms with Crippen LogP contribution in [0.15, 0.2) is 64.2 Å². The molecule has 0 saturated heterocycles. The molecule has 1 heterocycles. The quantitative estimate of drug-likeness (QED) is 0.665. The van der Waals surface area contributed by atoms with Crippen LogP contribution < -0.4 is 22.3 Å². The van der Waals surface area contributed by atoms with Gasteiger partial charge in [0.2, 0.25) is 0 Å². The second kappa shape index (κ2) is 7.09. The van der Waals surface area contributed by atoms with Crippen molar-refractivity contribution in [3.05, 3.63) is 92.1 Å². The first-order valence-corrected chi connectivity index (χ1v) is 8.01. The lowest BCUT2D eigenvalue weighted by molar-refractivity contribution is 0.733. The third-order valence-corrected chi connectivity index (χ3v) is 4.14. The summed E-state index contributed by atoms with van der Waals surface area (Å²) in [5.41, 5.74) is 8.38. The highest BCUT2D eigenvalue weighted by Gasteiger charge is 2.12. The van der Waals surface area contributed by atoms with Crippen molar-refractivity contribution in [2.45, 2.75) is 20.0 Å². The summed E-state index contributed by atoms with van der Waals surface area (Å²) < 4.78 is 1.36. The maximum Gasteiger partial charge on any atom is 0.330 e. The molecule has 2 aromatic carbocycles. The van der Waals surface area contributed by atoms with E-state index in [1.165, 1.54) is 4.57 Å². The molecule has 0 spiro atoms. The number of nitrogen functional groups attached to an aromatic ring is 1. The molecule has 6 nitrogen and oxygen atoms in total. The largest absolute Gasteiger partial charge is 0.383 e. The molecular weight excluding hydrogens is 316 g/mol. The molecule has 0 amide bonds. The second-order valence-electron chi connectivity index (χ2n) is 5.87. The van der Waals surface area contributed by atoms with Crippen LogP contribution in [0.1, 0.15) is 16.7 Å². The van der Waals surface area contributed by atoms with Gasteiger partial charge in [0, 0.05) is 6.54 Å². The van der Waals surface area contributed by atoms with Crippen LogP contribution >= 0.6 is 0 Å². The van der Waals surface area contributed by atoms with Gasteiger partial charge in [-0.05, 0) is 23.6 Å². The average molecular weight is 336 g/mol. The van der Waals surface area contributed by atoms with Crippen molar-refractivity contribution in [2.24, 2.45) is 0 Å². The first kappa shape index (κ1) is 16.6. The minimum atomic E-state index is -0.521. The zero-order chi connectivity index (χ0) is 17.8. The zero-order valence-electron chi connectivity index (χ0n) is 14.0. The van der Waals surface area contributed by atoms with Crippen molar-refractivity contribution in [3.8, 4) is 0 Å². The van der Waals surface area contributed by atoms with Gasteiger partial charge in [-0.1, -0.05) is 54.6 Å². The number of aryl methyl sites for hydroxylation is 1.